The van der Waals surface area contributed by atoms with Gasteiger partial charge >= 0.3 is 0 Å². The Labute approximate surface area is 206 Å². The van der Waals surface area contributed by atoms with Crippen LogP contribution in [0, 0.1) is 0 Å². The van der Waals surface area contributed by atoms with Gasteiger partial charge in [0.15, 0.2) is 0 Å². The SMILES string of the molecule is O=C1CC[C@@H](CO)N1.O=C1CC[C@@H](COC(c2ccccc2)(c2ccccc2)c2ccccc2)N1. The monoisotopic (exact) mass is 472 g/mol. The van der Waals surface area contributed by atoms with Crippen molar-refractivity contribution in [3.05, 3.63) is 108 Å². The average molecular weight is 473 g/mol. The first-order valence-electron chi connectivity index (χ1n) is 12.1. The Hall–Kier alpha value is -3.48. The van der Waals surface area contributed by atoms with Crippen LogP contribution < -0.4 is 10.6 Å². The van der Waals surface area contributed by atoms with E-state index < -0.39 is 5.60 Å². The molecule has 182 valence electrons. The Morgan fingerprint density at radius 2 is 1.09 bits per heavy atom. The van der Waals surface area contributed by atoms with Gasteiger partial charge in [-0.1, -0.05) is 91.0 Å². The van der Waals surface area contributed by atoms with E-state index in [2.05, 4.69) is 47.0 Å². The number of carbonyl (C=O) groups is 2. The van der Waals surface area contributed by atoms with Crippen LogP contribution in [0.25, 0.3) is 0 Å². The first-order chi connectivity index (χ1) is 17.1. The van der Waals surface area contributed by atoms with Crippen molar-refractivity contribution in [2.24, 2.45) is 0 Å². The van der Waals surface area contributed by atoms with Crippen molar-refractivity contribution in [3.8, 4) is 0 Å². The molecule has 2 amide bonds. The minimum atomic E-state index is -0.725. The molecule has 0 radical (unpaired) electrons. The Bertz CT molecular complexity index is 993. The summed E-state index contributed by atoms with van der Waals surface area (Å²) >= 11 is 0. The number of hydrogen-bond donors (Lipinski definition) is 3. The van der Waals surface area contributed by atoms with Crippen LogP contribution in [0.1, 0.15) is 42.4 Å². The number of aliphatic hydroxyl groups excluding tert-OH is 1. The van der Waals surface area contributed by atoms with E-state index in [0.717, 1.165) is 29.5 Å². The molecule has 0 aromatic heterocycles. The molecule has 3 aromatic carbocycles. The zero-order chi connectivity index (χ0) is 24.5. The summed E-state index contributed by atoms with van der Waals surface area (Å²) in [5.74, 6) is 0.164. The molecule has 2 saturated heterocycles. The number of benzene rings is 3. The first kappa shape index (κ1) is 24.6. The van der Waals surface area contributed by atoms with Gasteiger partial charge in [-0.3, -0.25) is 9.59 Å². The lowest BCUT2D eigenvalue weighted by atomic mass is 9.80. The van der Waals surface area contributed by atoms with E-state index >= 15 is 0 Å². The topological polar surface area (TPSA) is 87.7 Å². The molecule has 0 spiro atoms. The van der Waals surface area contributed by atoms with Crippen LogP contribution in [-0.4, -0.2) is 42.2 Å². The largest absolute Gasteiger partial charge is 0.394 e. The van der Waals surface area contributed by atoms with Crippen molar-refractivity contribution in [1.29, 1.82) is 0 Å². The number of aliphatic hydroxyl groups is 1. The van der Waals surface area contributed by atoms with Gasteiger partial charge in [-0.2, -0.15) is 0 Å². The van der Waals surface area contributed by atoms with E-state index in [9.17, 15) is 9.59 Å². The third-order valence-corrected chi connectivity index (χ3v) is 6.43. The lowest BCUT2D eigenvalue weighted by Gasteiger charge is -2.36. The van der Waals surface area contributed by atoms with Gasteiger partial charge in [0.05, 0.1) is 25.3 Å². The second kappa shape index (κ2) is 11.8. The quantitative estimate of drug-likeness (QED) is 0.459. The van der Waals surface area contributed by atoms with Crippen LogP contribution in [0.2, 0.25) is 0 Å². The Kier molecular flexibility index (Phi) is 8.29. The molecule has 2 fully saturated rings. The number of ether oxygens (including phenoxy) is 1. The number of carbonyl (C=O) groups excluding carboxylic acids is 2. The maximum atomic E-state index is 11.6. The van der Waals surface area contributed by atoms with E-state index in [-0.39, 0.29) is 30.5 Å². The van der Waals surface area contributed by atoms with Crippen molar-refractivity contribution in [3.63, 3.8) is 0 Å². The predicted octanol–water partition coefficient (Wildman–Crippen LogP) is 3.53. The molecule has 0 unspecified atom stereocenters. The summed E-state index contributed by atoms with van der Waals surface area (Å²) in [4.78, 5) is 22.0. The van der Waals surface area contributed by atoms with Gasteiger partial charge in [0.2, 0.25) is 11.8 Å². The van der Waals surface area contributed by atoms with Crippen molar-refractivity contribution in [1.82, 2.24) is 10.6 Å². The third kappa shape index (κ3) is 5.96. The number of hydrogen-bond acceptors (Lipinski definition) is 4. The molecule has 3 aromatic rings. The van der Waals surface area contributed by atoms with Crippen LogP contribution in [0.3, 0.4) is 0 Å². The molecular weight excluding hydrogens is 440 g/mol. The fraction of sp³-hybridized carbons (Fsp3) is 0.310. The number of amides is 2. The predicted molar refractivity (Wildman–Crippen MR) is 135 cm³/mol. The lowest BCUT2D eigenvalue weighted by Crippen LogP contribution is -2.38. The average Bonchev–Trinajstić information content (AvgIpc) is 3.54. The van der Waals surface area contributed by atoms with Crippen LogP contribution in [0.4, 0.5) is 0 Å². The molecule has 6 heteroatoms. The summed E-state index contributed by atoms with van der Waals surface area (Å²) in [6.45, 7) is 0.538. The van der Waals surface area contributed by atoms with E-state index in [1.165, 1.54) is 0 Å². The van der Waals surface area contributed by atoms with E-state index in [1.54, 1.807) is 0 Å². The number of nitrogens with one attached hydrogen (secondary N) is 2. The lowest BCUT2D eigenvalue weighted by molar-refractivity contribution is -0.120. The first-order valence-corrected chi connectivity index (χ1v) is 12.1. The second-order valence-corrected chi connectivity index (χ2v) is 8.88. The highest BCUT2D eigenvalue weighted by Gasteiger charge is 2.38. The van der Waals surface area contributed by atoms with Gasteiger partial charge in [-0.15, -0.1) is 0 Å². The molecule has 3 N–H and O–H groups in total. The summed E-state index contributed by atoms with van der Waals surface area (Å²) in [6.07, 6.45) is 2.75. The summed E-state index contributed by atoms with van der Waals surface area (Å²) in [6, 6.07) is 31.0. The highest BCUT2D eigenvalue weighted by atomic mass is 16.5. The van der Waals surface area contributed by atoms with Crippen molar-refractivity contribution in [2.45, 2.75) is 43.4 Å². The molecule has 35 heavy (non-hydrogen) atoms. The maximum absolute atomic E-state index is 11.6. The molecule has 2 atom stereocenters. The Morgan fingerprint density at radius 3 is 1.40 bits per heavy atom. The van der Waals surface area contributed by atoms with Gasteiger partial charge in [0, 0.05) is 12.8 Å². The molecule has 0 bridgehead atoms. The van der Waals surface area contributed by atoms with Crippen molar-refractivity contribution >= 4 is 11.8 Å². The van der Waals surface area contributed by atoms with Gasteiger partial charge in [-0.05, 0) is 29.5 Å². The zero-order valence-corrected chi connectivity index (χ0v) is 19.7. The molecular formula is C29H32N2O4. The van der Waals surface area contributed by atoms with Crippen molar-refractivity contribution in [2.75, 3.05) is 13.2 Å². The molecule has 2 aliphatic heterocycles. The normalized spacial score (nSPS) is 19.5. The summed E-state index contributed by atoms with van der Waals surface area (Å²) in [7, 11) is 0. The van der Waals surface area contributed by atoms with Gasteiger partial charge in [0.25, 0.3) is 0 Å². The molecule has 2 aliphatic rings. The van der Waals surface area contributed by atoms with Crippen LogP contribution >= 0.6 is 0 Å². The number of rotatable bonds is 7. The maximum Gasteiger partial charge on any atom is 0.220 e. The summed E-state index contributed by atoms with van der Waals surface area (Å²) in [5, 5.41) is 14.1. The highest BCUT2D eigenvalue weighted by molar-refractivity contribution is 5.78. The molecule has 6 nitrogen and oxygen atoms in total. The van der Waals surface area contributed by atoms with Gasteiger partial charge in [0.1, 0.15) is 5.60 Å². The van der Waals surface area contributed by atoms with Crippen LogP contribution in [-0.2, 0) is 19.9 Å². The Balaban J connectivity index is 0.000000308. The van der Waals surface area contributed by atoms with Crippen LogP contribution in [0.15, 0.2) is 91.0 Å². The molecule has 0 saturated carbocycles. The van der Waals surface area contributed by atoms with Crippen LogP contribution in [0.5, 0.6) is 0 Å². The minimum Gasteiger partial charge on any atom is -0.394 e. The minimum absolute atomic E-state index is 0.0301. The molecule has 2 heterocycles. The Morgan fingerprint density at radius 1 is 0.686 bits per heavy atom. The van der Waals surface area contributed by atoms with E-state index in [0.29, 0.717) is 19.4 Å². The summed E-state index contributed by atoms with van der Waals surface area (Å²) in [5.41, 5.74) is 2.50. The highest BCUT2D eigenvalue weighted by Crippen LogP contribution is 2.40. The fourth-order valence-electron chi connectivity index (χ4n) is 4.61. The smallest absolute Gasteiger partial charge is 0.220 e. The summed E-state index contributed by atoms with van der Waals surface area (Å²) < 4.78 is 6.71. The van der Waals surface area contributed by atoms with Crippen molar-refractivity contribution < 1.29 is 19.4 Å². The standard InChI is InChI=1S/C24H23NO2.C5H9NO2/c26-23-17-16-22(25-23)18-27-24(19-10-4-1-5-11-19,20-12-6-2-7-13-20)21-14-8-3-9-15-21;7-3-4-1-2-5(8)6-4/h1-15,22H,16-18H2,(H,25,26);4,7H,1-3H2,(H,6,8)/t22-;4-/m00/s1. The zero-order valence-electron chi connectivity index (χ0n) is 19.7. The van der Waals surface area contributed by atoms with E-state index in [1.807, 2.05) is 54.6 Å². The fourth-order valence-corrected chi connectivity index (χ4v) is 4.61. The van der Waals surface area contributed by atoms with Gasteiger partial charge in [-0.25, -0.2) is 0 Å². The van der Waals surface area contributed by atoms with Gasteiger partial charge < -0.3 is 20.5 Å². The van der Waals surface area contributed by atoms with E-state index in [4.69, 9.17) is 9.84 Å². The third-order valence-electron chi connectivity index (χ3n) is 6.43. The molecule has 0 aliphatic carbocycles. The molecule has 5 rings (SSSR count). The second-order valence-electron chi connectivity index (χ2n) is 8.88.